The predicted molar refractivity (Wildman–Crippen MR) is 98.4 cm³/mol. The highest BCUT2D eigenvalue weighted by atomic mass is 16.2. The molecule has 2 aromatic carbocycles. The summed E-state index contributed by atoms with van der Waals surface area (Å²) in [6.07, 6.45) is 4.22. The van der Waals surface area contributed by atoms with Crippen LogP contribution < -0.4 is 0 Å². The molecule has 0 fully saturated rings. The number of nitrogens with zero attached hydrogens (tertiary/aromatic N) is 2. The van der Waals surface area contributed by atoms with E-state index in [4.69, 9.17) is 0 Å². The maximum absolute atomic E-state index is 13.1. The molecule has 1 aromatic heterocycles. The standard InChI is InChI=1S/C22H20N2O/c1-16-9-10-20-18(14-16)11-13-24(21(20)17-6-3-2-4-7-17)22(25)19-8-5-12-23-15-19/h2-10,12,14-15,21H,11,13H2,1H3. The molecule has 1 unspecified atom stereocenters. The van der Waals surface area contributed by atoms with Gasteiger partial charge in [0.1, 0.15) is 0 Å². The molecule has 2 heterocycles. The fourth-order valence-corrected chi connectivity index (χ4v) is 3.62. The zero-order valence-corrected chi connectivity index (χ0v) is 14.2. The molecule has 25 heavy (non-hydrogen) atoms. The third kappa shape index (κ3) is 2.93. The molecule has 0 saturated carbocycles. The fraction of sp³-hybridized carbons (Fsp3) is 0.182. The van der Waals surface area contributed by atoms with E-state index in [1.54, 1.807) is 12.4 Å². The fourth-order valence-electron chi connectivity index (χ4n) is 3.62. The first-order valence-electron chi connectivity index (χ1n) is 8.59. The molecule has 0 bridgehead atoms. The molecule has 0 saturated heterocycles. The van der Waals surface area contributed by atoms with Crippen LogP contribution in [0, 0.1) is 6.92 Å². The molecule has 0 aliphatic carbocycles. The maximum atomic E-state index is 13.1. The topological polar surface area (TPSA) is 33.2 Å². The summed E-state index contributed by atoms with van der Waals surface area (Å²) in [5.74, 6) is 0.0354. The Morgan fingerprint density at radius 1 is 1.08 bits per heavy atom. The van der Waals surface area contributed by atoms with Crippen molar-refractivity contribution in [3.8, 4) is 0 Å². The summed E-state index contributed by atoms with van der Waals surface area (Å²) in [6, 6.07) is 20.4. The van der Waals surface area contributed by atoms with Gasteiger partial charge in [0.25, 0.3) is 5.91 Å². The minimum Gasteiger partial charge on any atom is -0.327 e. The van der Waals surface area contributed by atoms with E-state index in [0.717, 1.165) is 12.0 Å². The lowest BCUT2D eigenvalue weighted by atomic mass is 9.87. The quantitative estimate of drug-likeness (QED) is 0.707. The van der Waals surface area contributed by atoms with Crippen LogP contribution in [0.4, 0.5) is 0 Å². The van der Waals surface area contributed by atoms with Gasteiger partial charge in [-0.25, -0.2) is 0 Å². The number of carbonyl (C=O) groups excluding carboxylic acids is 1. The van der Waals surface area contributed by atoms with Crippen molar-refractivity contribution in [2.24, 2.45) is 0 Å². The molecular weight excluding hydrogens is 308 g/mol. The van der Waals surface area contributed by atoms with Crippen LogP contribution in [-0.2, 0) is 6.42 Å². The molecule has 4 rings (SSSR count). The molecule has 1 aliphatic heterocycles. The van der Waals surface area contributed by atoms with E-state index in [1.165, 1.54) is 16.7 Å². The largest absolute Gasteiger partial charge is 0.327 e. The second-order valence-electron chi connectivity index (χ2n) is 6.51. The van der Waals surface area contributed by atoms with Gasteiger partial charge in [-0.2, -0.15) is 0 Å². The van der Waals surface area contributed by atoms with E-state index in [-0.39, 0.29) is 11.9 Å². The number of rotatable bonds is 2. The van der Waals surface area contributed by atoms with Crippen LogP contribution in [0.15, 0.2) is 73.1 Å². The summed E-state index contributed by atoms with van der Waals surface area (Å²) >= 11 is 0. The van der Waals surface area contributed by atoms with E-state index < -0.39 is 0 Å². The minimum absolute atomic E-state index is 0.0354. The smallest absolute Gasteiger partial charge is 0.256 e. The van der Waals surface area contributed by atoms with Crippen molar-refractivity contribution in [2.45, 2.75) is 19.4 Å². The van der Waals surface area contributed by atoms with Crippen LogP contribution in [0.2, 0.25) is 0 Å². The number of aromatic nitrogens is 1. The molecular formula is C22H20N2O. The average molecular weight is 328 g/mol. The zero-order chi connectivity index (χ0) is 17.2. The first kappa shape index (κ1) is 15.6. The average Bonchev–Trinajstić information content (AvgIpc) is 2.67. The van der Waals surface area contributed by atoms with E-state index in [9.17, 15) is 4.79 Å². The van der Waals surface area contributed by atoms with E-state index >= 15 is 0 Å². The van der Waals surface area contributed by atoms with Crippen LogP contribution in [0.25, 0.3) is 0 Å². The number of pyridine rings is 1. The minimum atomic E-state index is -0.0572. The number of amides is 1. The highest BCUT2D eigenvalue weighted by molar-refractivity contribution is 5.94. The van der Waals surface area contributed by atoms with Gasteiger partial charge in [0, 0.05) is 18.9 Å². The van der Waals surface area contributed by atoms with Crippen LogP contribution in [0.3, 0.4) is 0 Å². The maximum Gasteiger partial charge on any atom is 0.256 e. The summed E-state index contributed by atoms with van der Waals surface area (Å²) in [7, 11) is 0. The molecule has 1 aliphatic rings. The Bertz CT molecular complexity index is 890. The van der Waals surface area contributed by atoms with Gasteiger partial charge in [0.05, 0.1) is 11.6 Å². The molecule has 0 spiro atoms. The number of hydrogen-bond donors (Lipinski definition) is 0. The number of carbonyl (C=O) groups is 1. The van der Waals surface area contributed by atoms with Crippen molar-refractivity contribution >= 4 is 5.91 Å². The first-order valence-corrected chi connectivity index (χ1v) is 8.59. The third-order valence-electron chi connectivity index (χ3n) is 4.81. The molecule has 124 valence electrons. The van der Waals surface area contributed by atoms with Crippen LogP contribution in [-0.4, -0.2) is 22.3 Å². The van der Waals surface area contributed by atoms with Gasteiger partial charge in [0.2, 0.25) is 0 Å². The lowest BCUT2D eigenvalue weighted by Crippen LogP contribution is -2.40. The predicted octanol–water partition coefficient (Wildman–Crippen LogP) is 4.18. The summed E-state index contributed by atoms with van der Waals surface area (Å²) in [5, 5.41) is 0. The summed E-state index contributed by atoms with van der Waals surface area (Å²) in [4.78, 5) is 19.2. The Labute approximate surface area is 148 Å². The van der Waals surface area contributed by atoms with Crippen LogP contribution in [0.1, 0.15) is 38.7 Å². The van der Waals surface area contributed by atoms with Crippen molar-refractivity contribution in [1.82, 2.24) is 9.88 Å². The molecule has 3 heteroatoms. The Morgan fingerprint density at radius 3 is 2.68 bits per heavy atom. The highest BCUT2D eigenvalue weighted by Crippen LogP contribution is 2.36. The molecule has 1 atom stereocenters. The van der Waals surface area contributed by atoms with Gasteiger partial charge in [-0.1, -0.05) is 54.1 Å². The van der Waals surface area contributed by atoms with E-state index in [0.29, 0.717) is 12.1 Å². The van der Waals surface area contributed by atoms with Crippen LogP contribution in [0.5, 0.6) is 0 Å². The summed E-state index contributed by atoms with van der Waals surface area (Å²) in [6.45, 7) is 2.83. The van der Waals surface area contributed by atoms with E-state index in [1.807, 2.05) is 35.2 Å². The van der Waals surface area contributed by atoms with Gasteiger partial charge >= 0.3 is 0 Å². The summed E-state index contributed by atoms with van der Waals surface area (Å²) in [5.41, 5.74) is 5.60. The number of fused-ring (bicyclic) bond motifs is 1. The normalized spacial score (nSPS) is 16.4. The Kier molecular flexibility index (Phi) is 4.06. The number of hydrogen-bond acceptors (Lipinski definition) is 2. The third-order valence-corrected chi connectivity index (χ3v) is 4.81. The van der Waals surface area contributed by atoms with Crippen molar-refractivity contribution in [3.05, 3.63) is 101 Å². The van der Waals surface area contributed by atoms with Gasteiger partial charge in [-0.15, -0.1) is 0 Å². The SMILES string of the molecule is Cc1ccc2c(c1)CCN(C(=O)c1cccnc1)C2c1ccccc1. The van der Waals surface area contributed by atoms with Crippen molar-refractivity contribution < 1.29 is 4.79 Å². The molecule has 1 amide bonds. The van der Waals surface area contributed by atoms with Crippen molar-refractivity contribution in [2.75, 3.05) is 6.54 Å². The molecule has 0 radical (unpaired) electrons. The van der Waals surface area contributed by atoms with Crippen LogP contribution >= 0.6 is 0 Å². The molecule has 3 nitrogen and oxygen atoms in total. The monoisotopic (exact) mass is 328 g/mol. The van der Waals surface area contributed by atoms with E-state index in [2.05, 4.69) is 42.2 Å². The van der Waals surface area contributed by atoms with Gasteiger partial charge in [-0.05, 0) is 42.2 Å². The van der Waals surface area contributed by atoms with Gasteiger partial charge in [0.15, 0.2) is 0 Å². The second kappa shape index (κ2) is 6.52. The van der Waals surface area contributed by atoms with Gasteiger partial charge < -0.3 is 4.90 Å². The number of aryl methyl sites for hydroxylation is 1. The lowest BCUT2D eigenvalue weighted by molar-refractivity contribution is 0.0694. The first-order chi connectivity index (χ1) is 12.2. The highest BCUT2D eigenvalue weighted by Gasteiger charge is 2.32. The molecule has 3 aromatic rings. The van der Waals surface area contributed by atoms with Gasteiger partial charge in [-0.3, -0.25) is 9.78 Å². The van der Waals surface area contributed by atoms with Crippen molar-refractivity contribution in [1.29, 1.82) is 0 Å². The Morgan fingerprint density at radius 2 is 1.92 bits per heavy atom. The van der Waals surface area contributed by atoms with Crippen molar-refractivity contribution in [3.63, 3.8) is 0 Å². The molecule has 0 N–H and O–H groups in total. The second-order valence-corrected chi connectivity index (χ2v) is 6.51. The zero-order valence-electron chi connectivity index (χ0n) is 14.2. The summed E-state index contributed by atoms with van der Waals surface area (Å²) < 4.78 is 0. The number of benzene rings is 2. The Hall–Kier alpha value is -2.94. The Balaban J connectivity index is 1.81. The lowest BCUT2D eigenvalue weighted by Gasteiger charge is -2.38.